The number of rotatable bonds is 12. The van der Waals surface area contributed by atoms with Gasteiger partial charge in [-0.1, -0.05) is 37.9 Å². The molecule has 0 saturated carbocycles. The van der Waals surface area contributed by atoms with Crippen molar-refractivity contribution in [3.8, 4) is 0 Å². The minimum atomic E-state index is -0.997. The molecule has 2 rings (SSSR count). The van der Waals surface area contributed by atoms with Gasteiger partial charge >= 0.3 is 5.97 Å². The molecule has 1 aromatic heterocycles. The Kier molecular flexibility index (Phi) is 8.71. The maximum Gasteiger partial charge on any atom is 0.355 e. The van der Waals surface area contributed by atoms with Crippen LogP contribution in [0.4, 0.5) is 0 Å². The first-order valence-electron chi connectivity index (χ1n) is 8.93. The first-order valence-corrected chi connectivity index (χ1v) is 10.8. The molecule has 6 nitrogen and oxygen atoms in total. The summed E-state index contributed by atoms with van der Waals surface area (Å²) in [5, 5.41) is 13.9. The zero-order chi connectivity index (χ0) is 18.1. The van der Waals surface area contributed by atoms with Crippen LogP contribution in [0.15, 0.2) is 9.72 Å². The molecule has 1 saturated heterocycles. The van der Waals surface area contributed by atoms with E-state index in [9.17, 15) is 9.59 Å². The van der Waals surface area contributed by atoms with Crippen LogP contribution in [0.1, 0.15) is 55.9 Å². The van der Waals surface area contributed by atoms with E-state index in [0.29, 0.717) is 13.0 Å². The highest BCUT2D eigenvalue weighted by atomic mass is 32.2. The fourth-order valence-electron chi connectivity index (χ4n) is 2.91. The topological polar surface area (TPSA) is 82.5 Å². The number of hydrogen-bond donors (Lipinski definition) is 2. The van der Waals surface area contributed by atoms with Crippen LogP contribution in [-0.4, -0.2) is 58.3 Å². The molecule has 8 heteroatoms. The number of unbranched alkanes of at least 4 members (excludes halogenated alkanes) is 3. The lowest BCUT2D eigenvalue weighted by molar-refractivity contribution is -0.128. The zero-order valence-electron chi connectivity index (χ0n) is 14.7. The number of aromatic nitrogens is 1. The summed E-state index contributed by atoms with van der Waals surface area (Å²) in [6.45, 7) is 4.78. The number of carbonyl (C=O) groups is 2. The van der Waals surface area contributed by atoms with E-state index >= 15 is 0 Å². The van der Waals surface area contributed by atoms with Crippen LogP contribution >= 0.6 is 23.1 Å². The van der Waals surface area contributed by atoms with Crippen molar-refractivity contribution in [3.63, 3.8) is 0 Å². The van der Waals surface area contributed by atoms with E-state index in [1.54, 1.807) is 5.38 Å². The highest BCUT2D eigenvalue weighted by Gasteiger charge is 2.30. The Balaban J connectivity index is 1.69. The Hall–Kier alpha value is -1.12. The van der Waals surface area contributed by atoms with Crippen LogP contribution in [0.5, 0.6) is 0 Å². The number of carboxylic acid groups (broad SMARTS) is 1. The number of nitrogens with zero attached hydrogens (tertiary/aromatic N) is 2. The molecule has 0 aliphatic carbocycles. The molecule has 1 atom stereocenters. The second-order valence-electron chi connectivity index (χ2n) is 6.20. The summed E-state index contributed by atoms with van der Waals surface area (Å²) in [6, 6.07) is 0.283. The maximum absolute atomic E-state index is 12.1. The number of hydrogen-bond acceptors (Lipinski definition) is 6. The van der Waals surface area contributed by atoms with Crippen LogP contribution in [0, 0.1) is 0 Å². The Morgan fingerprint density at radius 3 is 3.04 bits per heavy atom. The predicted molar refractivity (Wildman–Crippen MR) is 102 cm³/mol. The third kappa shape index (κ3) is 6.60. The van der Waals surface area contributed by atoms with Gasteiger partial charge in [-0.3, -0.25) is 4.79 Å². The predicted octanol–water partition coefficient (Wildman–Crippen LogP) is 3.09. The van der Waals surface area contributed by atoms with Crippen molar-refractivity contribution in [2.45, 2.75) is 55.8 Å². The van der Waals surface area contributed by atoms with Gasteiger partial charge in [0.1, 0.15) is 0 Å². The summed E-state index contributed by atoms with van der Waals surface area (Å²) in [4.78, 5) is 29.0. The Morgan fingerprint density at radius 2 is 2.32 bits per heavy atom. The van der Waals surface area contributed by atoms with Crippen LogP contribution in [-0.2, 0) is 4.79 Å². The summed E-state index contributed by atoms with van der Waals surface area (Å²) < 4.78 is 0.745. The molecule has 25 heavy (non-hydrogen) atoms. The average molecular weight is 386 g/mol. The molecule has 1 fully saturated rings. The van der Waals surface area contributed by atoms with Crippen molar-refractivity contribution in [3.05, 3.63) is 11.1 Å². The maximum atomic E-state index is 12.1. The summed E-state index contributed by atoms with van der Waals surface area (Å²) in [5.41, 5.74) is 0.0925. The van der Waals surface area contributed by atoms with Crippen molar-refractivity contribution in [2.24, 2.45) is 0 Å². The number of thiazole rings is 1. The lowest BCUT2D eigenvalue weighted by atomic mass is 10.2. The van der Waals surface area contributed by atoms with Gasteiger partial charge in [-0.15, -0.1) is 11.3 Å². The smallest absolute Gasteiger partial charge is 0.355 e. The molecular formula is C17H27N3O3S2. The van der Waals surface area contributed by atoms with E-state index in [4.69, 9.17) is 5.11 Å². The molecule has 0 unspecified atom stereocenters. The fourth-order valence-corrected chi connectivity index (χ4v) is 4.72. The van der Waals surface area contributed by atoms with Gasteiger partial charge in [0.05, 0.1) is 0 Å². The van der Waals surface area contributed by atoms with Crippen LogP contribution in [0.25, 0.3) is 0 Å². The highest BCUT2D eigenvalue weighted by Crippen LogP contribution is 2.24. The second kappa shape index (κ2) is 10.8. The van der Waals surface area contributed by atoms with Gasteiger partial charge in [0.25, 0.3) is 0 Å². The number of thioether (sulfide) groups is 1. The van der Waals surface area contributed by atoms with Gasteiger partial charge in [0, 0.05) is 36.7 Å². The van der Waals surface area contributed by atoms with Crippen molar-refractivity contribution < 1.29 is 14.7 Å². The van der Waals surface area contributed by atoms with Gasteiger partial charge in [-0.2, -0.15) is 0 Å². The summed E-state index contributed by atoms with van der Waals surface area (Å²) >= 11 is 2.86. The van der Waals surface area contributed by atoms with E-state index in [1.807, 2.05) is 4.90 Å². The number of aromatic carboxylic acids is 1. The van der Waals surface area contributed by atoms with Gasteiger partial charge in [-0.05, 0) is 19.4 Å². The molecule has 1 aliphatic rings. The number of carbonyl (C=O) groups excluding carboxylic acids is 1. The molecule has 0 aromatic carbocycles. The molecule has 1 aromatic rings. The summed E-state index contributed by atoms with van der Waals surface area (Å²) in [5.74, 6) is -0.0302. The van der Waals surface area contributed by atoms with Gasteiger partial charge in [0.15, 0.2) is 10.0 Å². The van der Waals surface area contributed by atoms with Gasteiger partial charge in [0.2, 0.25) is 5.91 Å². The normalized spacial score (nSPS) is 17.4. The van der Waals surface area contributed by atoms with Crippen LogP contribution in [0.2, 0.25) is 0 Å². The van der Waals surface area contributed by atoms with Crippen LogP contribution in [0.3, 0.4) is 0 Å². The quantitative estimate of drug-likeness (QED) is 0.425. The SMILES string of the molecule is CCCCCCNC[C@H]1CCC(=O)N1CCSc1nc(C(=O)O)cs1. The lowest BCUT2D eigenvalue weighted by Gasteiger charge is -2.25. The molecule has 2 N–H and O–H groups in total. The van der Waals surface area contributed by atoms with Crippen molar-refractivity contribution >= 4 is 35.0 Å². The first kappa shape index (κ1) is 20.2. The number of carboxylic acids is 1. The molecule has 140 valence electrons. The molecule has 2 heterocycles. The zero-order valence-corrected chi connectivity index (χ0v) is 16.3. The van der Waals surface area contributed by atoms with E-state index in [0.717, 1.165) is 29.6 Å². The van der Waals surface area contributed by atoms with E-state index < -0.39 is 5.97 Å². The van der Waals surface area contributed by atoms with E-state index in [1.165, 1.54) is 48.8 Å². The molecule has 0 bridgehead atoms. The molecule has 0 radical (unpaired) electrons. The molecular weight excluding hydrogens is 358 g/mol. The minimum Gasteiger partial charge on any atom is -0.476 e. The number of likely N-dealkylation sites (tertiary alicyclic amines) is 1. The van der Waals surface area contributed by atoms with Gasteiger partial charge in [-0.25, -0.2) is 9.78 Å². The van der Waals surface area contributed by atoms with Gasteiger partial charge < -0.3 is 15.3 Å². The second-order valence-corrected chi connectivity index (χ2v) is 8.40. The monoisotopic (exact) mass is 385 g/mol. The largest absolute Gasteiger partial charge is 0.476 e. The van der Waals surface area contributed by atoms with Crippen molar-refractivity contribution in [2.75, 3.05) is 25.4 Å². The van der Waals surface area contributed by atoms with Crippen molar-refractivity contribution in [1.82, 2.24) is 15.2 Å². The first-order chi connectivity index (χ1) is 12.1. The number of amides is 1. The highest BCUT2D eigenvalue weighted by molar-refractivity contribution is 8.01. The molecule has 1 aliphatic heterocycles. The van der Waals surface area contributed by atoms with E-state index in [2.05, 4.69) is 17.2 Å². The molecule has 1 amide bonds. The summed E-state index contributed by atoms with van der Waals surface area (Å²) in [6.07, 6.45) is 6.54. The average Bonchev–Trinajstić information content (AvgIpc) is 3.19. The third-order valence-corrected chi connectivity index (χ3v) is 6.30. The Labute approximate surface area is 157 Å². The van der Waals surface area contributed by atoms with E-state index in [-0.39, 0.29) is 17.6 Å². The molecule has 0 spiro atoms. The standard InChI is InChI=1S/C17H27N3O3S2/c1-2-3-4-5-8-18-11-13-6-7-15(21)20(13)9-10-24-17-19-14(12-25-17)16(22)23/h12-13,18H,2-11H2,1H3,(H,22,23)/t13-/m1/s1. The third-order valence-electron chi connectivity index (χ3n) is 4.30. The van der Waals surface area contributed by atoms with Crippen molar-refractivity contribution in [1.29, 1.82) is 0 Å². The lowest BCUT2D eigenvalue weighted by Crippen LogP contribution is -2.41. The fraction of sp³-hybridized carbons (Fsp3) is 0.706. The van der Waals surface area contributed by atoms with Crippen LogP contribution < -0.4 is 5.32 Å². The Morgan fingerprint density at radius 1 is 1.48 bits per heavy atom. The number of nitrogens with one attached hydrogen (secondary N) is 1. The Bertz CT molecular complexity index is 565. The summed E-state index contributed by atoms with van der Waals surface area (Å²) in [7, 11) is 0. The minimum absolute atomic E-state index is 0.0925.